The fourth-order valence-electron chi connectivity index (χ4n) is 8.28. The van der Waals surface area contributed by atoms with Crippen LogP contribution in [0.5, 0.6) is 0 Å². The van der Waals surface area contributed by atoms with Gasteiger partial charge in [-0.05, 0) is 101 Å². The highest BCUT2D eigenvalue weighted by Gasteiger charge is 2.29. The minimum Gasteiger partial charge on any atom is -0.455 e. The number of hydrogen-bond donors (Lipinski definition) is 0. The summed E-state index contributed by atoms with van der Waals surface area (Å²) in [6.07, 6.45) is 9.23. The van der Waals surface area contributed by atoms with Gasteiger partial charge in [0.25, 0.3) is 5.82 Å². The Hall–Kier alpha value is -4.89. The topological polar surface area (TPSA) is 21.9 Å². The average Bonchev–Trinajstić information content (AvgIpc) is 3.73. The molecule has 7 aromatic rings. The largest absolute Gasteiger partial charge is 0.455 e. The SMILES string of the molecule is [2H]C([2H])([2H])c1ccc(-c2ccc3c(c2)oc2c(-c4n(-c5c(C(C)C)cccc5C(C)C)cc[n+]4C)c(C)ccc23)cc1-c1cccc(C2([2H])CCCCC2)c1. The summed E-state index contributed by atoms with van der Waals surface area (Å²) in [5, 5.41) is 2.09. The van der Waals surface area contributed by atoms with Crippen molar-refractivity contribution < 1.29 is 14.5 Å². The lowest BCUT2D eigenvalue weighted by Gasteiger charge is -2.22. The van der Waals surface area contributed by atoms with Gasteiger partial charge in [0.05, 0.1) is 7.05 Å². The lowest BCUT2D eigenvalue weighted by atomic mass is 9.83. The van der Waals surface area contributed by atoms with E-state index in [9.17, 15) is 1.37 Å². The molecule has 1 aliphatic carbocycles. The van der Waals surface area contributed by atoms with Gasteiger partial charge in [0.15, 0.2) is 5.58 Å². The highest BCUT2D eigenvalue weighted by atomic mass is 16.3. The molecule has 8 rings (SSSR count). The molecule has 5 aromatic carbocycles. The molecule has 0 radical (unpaired) electrons. The molecule has 2 heterocycles. The number of hydrogen-bond acceptors (Lipinski definition) is 1. The van der Waals surface area contributed by atoms with Gasteiger partial charge in [-0.1, -0.05) is 120 Å². The fourth-order valence-corrected chi connectivity index (χ4v) is 8.28. The Morgan fingerprint density at radius 3 is 2.20 bits per heavy atom. The maximum atomic E-state index is 9.27. The highest BCUT2D eigenvalue weighted by molar-refractivity contribution is 6.10. The van der Waals surface area contributed by atoms with Crippen LogP contribution in [-0.2, 0) is 7.05 Å². The van der Waals surface area contributed by atoms with Gasteiger partial charge in [0.2, 0.25) is 0 Å². The molecular formula is C48H51N2O+. The quantitative estimate of drug-likeness (QED) is 0.154. The number of rotatable bonds is 7. The van der Waals surface area contributed by atoms with Gasteiger partial charge in [-0.3, -0.25) is 0 Å². The monoisotopic (exact) mass is 675 g/mol. The van der Waals surface area contributed by atoms with Crippen molar-refractivity contribution in [1.82, 2.24) is 4.57 Å². The summed E-state index contributed by atoms with van der Waals surface area (Å²) in [5.41, 5.74) is 12.3. The van der Waals surface area contributed by atoms with E-state index in [4.69, 9.17) is 8.53 Å². The van der Waals surface area contributed by atoms with E-state index >= 15 is 0 Å². The summed E-state index contributed by atoms with van der Waals surface area (Å²) in [7, 11) is 2.10. The predicted octanol–water partition coefficient (Wildman–Crippen LogP) is 13.1. The summed E-state index contributed by atoms with van der Waals surface area (Å²) < 4.78 is 46.0. The van der Waals surface area contributed by atoms with E-state index in [2.05, 4.69) is 118 Å². The number of nitrogens with zero attached hydrogens (tertiary/aromatic N) is 2. The summed E-state index contributed by atoms with van der Waals surface area (Å²) in [5.74, 6) is 1.12. The van der Waals surface area contributed by atoms with Crippen LogP contribution in [-0.4, -0.2) is 4.57 Å². The molecule has 51 heavy (non-hydrogen) atoms. The van der Waals surface area contributed by atoms with Gasteiger partial charge >= 0.3 is 0 Å². The molecule has 258 valence electrons. The molecule has 0 aliphatic heterocycles. The molecule has 0 spiro atoms. The number of furan rings is 1. The molecule has 1 fully saturated rings. The zero-order valence-corrected chi connectivity index (χ0v) is 30.8. The number of benzene rings is 5. The second-order valence-electron chi connectivity index (χ2n) is 15.1. The van der Waals surface area contributed by atoms with Crippen LogP contribution in [0.25, 0.3) is 61.3 Å². The zero-order valence-electron chi connectivity index (χ0n) is 34.8. The third kappa shape index (κ3) is 5.91. The molecule has 0 amide bonds. The van der Waals surface area contributed by atoms with Crippen LogP contribution in [0.15, 0.2) is 108 Å². The molecule has 1 aliphatic rings. The molecule has 0 N–H and O–H groups in total. The van der Waals surface area contributed by atoms with E-state index < -0.39 is 12.7 Å². The maximum Gasteiger partial charge on any atom is 0.297 e. The average molecular weight is 676 g/mol. The van der Waals surface area contributed by atoms with Crippen LogP contribution in [0.2, 0.25) is 0 Å². The first-order valence-corrected chi connectivity index (χ1v) is 18.7. The Bertz CT molecular complexity index is 2540. The number of aryl methyl sites for hydroxylation is 3. The Morgan fingerprint density at radius 1 is 0.765 bits per heavy atom. The highest BCUT2D eigenvalue weighted by Crippen LogP contribution is 2.42. The van der Waals surface area contributed by atoms with Gasteiger partial charge in [-0.25, -0.2) is 4.57 Å². The number of fused-ring (bicyclic) bond motifs is 3. The van der Waals surface area contributed by atoms with Crippen molar-refractivity contribution in [2.75, 3.05) is 0 Å². The van der Waals surface area contributed by atoms with E-state index in [0.717, 1.165) is 86.8 Å². The van der Waals surface area contributed by atoms with Crippen LogP contribution in [0.3, 0.4) is 0 Å². The molecule has 0 atom stereocenters. The smallest absolute Gasteiger partial charge is 0.297 e. The number of aromatic nitrogens is 2. The molecule has 3 heteroatoms. The first-order chi connectivity index (χ1) is 26.2. The maximum absolute atomic E-state index is 9.27. The Labute approximate surface area is 309 Å². The van der Waals surface area contributed by atoms with Crippen molar-refractivity contribution in [3.8, 4) is 39.3 Å². The van der Waals surface area contributed by atoms with E-state index in [-0.39, 0.29) is 0 Å². The van der Waals surface area contributed by atoms with Gasteiger partial charge in [0, 0.05) is 27.4 Å². The molecule has 3 nitrogen and oxygen atoms in total. The van der Waals surface area contributed by atoms with Crippen molar-refractivity contribution in [2.24, 2.45) is 7.05 Å². The van der Waals surface area contributed by atoms with E-state index in [1.54, 1.807) is 6.07 Å². The molecule has 0 bridgehead atoms. The Kier molecular flexibility index (Phi) is 7.53. The standard InChI is InChI=1S/C48H51N2O/c1-30(2)39-17-12-18-40(31(3)4)46(39)50-26-25-49(7)48(50)45-33(6)20-23-42-41-24-22-37(29-44(41)51-47(42)45)36-21-19-32(5)43(28-36)38-16-11-15-35(27-38)34-13-9-8-10-14-34/h11-12,15-31,34H,8-10,13-14H2,1-7H3/q+1/i5D3,34D. The van der Waals surface area contributed by atoms with Gasteiger partial charge in [0.1, 0.15) is 29.2 Å². The van der Waals surface area contributed by atoms with Gasteiger partial charge in [-0.2, -0.15) is 4.57 Å². The second-order valence-corrected chi connectivity index (χ2v) is 15.1. The lowest BCUT2D eigenvalue weighted by molar-refractivity contribution is -0.659. The van der Waals surface area contributed by atoms with Crippen LogP contribution < -0.4 is 4.57 Å². The Balaban J connectivity index is 1.27. The third-order valence-electron chi connectivity index (χ3n) is 11.1. The molecule has 2 aromatic heterocycles. The van der Waals surface area contributed by atoms with E-state index in [0.29, 0.717) is 23.0 Å². The summed E-state index contributed by atoms with van der Waals surface area (Å²) in [6, 6.07) is 31.1. The second kappa shape index (κ2) is 13.3. The number of para-hydroxylation sites is 1. The first-order valence-electron chi connectivity index (χ1n) is 20.7. The Morgan fingerprint density at radius 2 is 1.45 bits per heavy atom. The fraction of sp³-hybridized carbons (Fsp3) is 0.312. The van der Waals surface area contributed by atoms with Gasteiger partial charge in [-0.15, -0.1) is 0 Å². The van der Waals surface area contributed by atoms with Crippen molar-refractivity contribution in [3.63, 3.8) is 0 Å². The molecule has 1 saturated carbocycles. The van der Waals surface area contributed by atoms with Crippen LogP contribution >= 0.6 is 0 Å². The van der Waals surface area contributed by atoms with Crippen molar-refractivity contribution >= 4 is 21.9 Å². The van der Waals surface area contributed by atoms with Crippen molar-refractivity contribution in [2.45, 2.75) is 91.3 Å². The molecule has 0 unspecified atom stereocenters. The summed E-state index contributed by atoms with van der Waals surface area (Å²) in [4.78, 5) is 0. The third-order valence-corrected chi connectivity index (χ3v) is 11.1. The molecule has 0 saturated heterocycles. The zero-order chi connectivity index (χ0) is 38.8. The summed E-state index contributed by atoms with van der Waals surface area (Å²) >= 11 is 0. The lowest BCUT2D eigenvalue weighted by Crippen LogP contribution is -2.29. The van der Waals surface area contributed by atoms with Crippen LogP contribution in [0.1, 0.15) is 111 Å². The summed E-state index contributed by atoms with van der Waals surface area (Å²) in [6.45, 7) is 8.91. The number of imidazole rings is 1. The van der Waals surface area contributed by atoms with E-state index in [1.807, 2.05) is 30.3 Å². The molecular weight excluding hydrogens is 621 g/mol. The predicted molar refractivity (Wildman–Crippen MR) is 214 cm³/mol. The van der Waals surface area contributed by atoms with Crippen LogP contribution in [0.4, 0.5) is 0 Å². The van der Waals surface area contributed by atoms with Crippen molar-refractivity contribution in [3.05, 3.63) is 131 Å². The van der Waals surface area contributed by atoms with Gasteiger partial charge < -0.3 is 4.42 Å². The van der Waals surface area contributed by atoms with Crippen LogP contribution in [0, 0.1) is 13.8 Å². The minimum atomic E-state index is -2.29. The van der Waals surface area contributed by atoms with Crippen molar-refractivity contribution in [1.29, 1.82) is 0 Å². The first kappa shape index (κ1) is 28.8. The normalized spacial score (nSPS) is 16.1. The van der Waals surface area contributed by atoms with E-state index in [1.165, 1.54) is 23.2 Å². The minimum absolute atomic E-state index is 0.316.